The van der Waals surface area contributed by atoms with Crippen LogP contribution in [0.4, 0.5) is 0 Å². The Morgan fingerprint density at radius 2 is 2.24 bits per heavy atom. The first-order valence-electron chi connectivity index (χ1n) is 6.62. The summed E-state index contributed by atoms with van der Waals surface area (Å²) < 4.78 is 0. The maximum absolute atomic E-state index is 12.1. The molecule has 2 aliphatic rings. The molecule has 17 heavy (non-hydrogen) atoms. The van der Waals surface area contributed by atoms with Crippen LogP contribution in [0.15, 0.2) is 0 Å². The lowest BCUT2D eigenvalue weighted by atomic mass is 10.0. The van der Waals surface area contributed by atoms with Crippen molar-refractivity contribution in [3.05, 3.63) is 0 Å². The van der Waals surface area contributed by atoms with Gasteiger partial charge in [-0.05, 0) is 45.2 Å². The van der Waals surface area contributed by atoms with Crippen molar-refractivity contribution in [1.29, 1.82) is 0 Å². The van der Waals surface area contributed by atoms with Crippen LogP contribution >= 0.6 is 0 Å². The van der Waals surface area contributed by atoms with E-state index >= 15 is 0 Å². The monoisotopic (exact) mass is 240 g/mol. The molecule has 0 bridgehead atoms. The fourth-order valence-electron chi connectivity index (χ4n) is 2.74. The molecule has 2 rings (SSSR count). The van der Waals surface area contributed by atoms with Gasteiger partial charge in [-0.2, -0.15) is 0 Å². The molecule has 98 valence electrons. The van der Waals surface area contributed by atoms with Crippen molar-refractivity contribution in [2.45, 2.75) is 25.7 Å². The zero-order chi connectivity index (χ0) is 12.5. The largest absolute Gasteiger partial charge is 0.395 e. The summed E-state index contributed by atoms with van der Waals surface area (Å²) in [6.45, 7) is 3.19. The Morgan fingerprint density at radius 3 is 2.71 bits per heavy atom. The summed E-state index contributed by atoms with van der Waals surface area (Å²) in [7, 11) is 4.02. The van der Waals surface area contributed by atoms with E-state index in [-0.39, 0.29) is 12.5 Å². The molecule has 4 heteroatoms. The first-order chi connectivity index (χ1) is 8.07. The smallest absolute Gasteiger partial charge is 0.230 e. The Hall–Kier alpha value is -0.610. The molecule has 1 amide bonds. The highest BCUT2D eigenvalue weighted by Gasteiger charge is 2.50. The zero-order valence-electron chi connectivity index (χ0n) is 11.0. The zero-order valence-corrected chi connectivity index (χ0v) is 11.0. The van der Waals surface area contributed by atoms with E-state index in [9.17, 15) is 9.90 Å². The lowest BCUT2D eigenvalue weighted by molar-refractivity contribution is -0.137. The molecule has 0 radical (unpaired) electrons. The van der Waals surface area contributed by atoms with Crippen molar-refractivity contribution in [2.75, 3.05) is 40.3 Å². The molecule has 1 saturated carbocycles. The summed E-state index contributed by atoms with van der Waals surface area (Å²) in [6, 6.07) is 0. The minimum absolute atomic E-state index is 0.0162. The van der Waals surface area contributed by atoms with Gasteiger partial charge in [0, 0.05) is 20.1 Å². The number of aliphatic hydroxyl groups excluding tert-OH is 1. The van der Waals surface area contributed by atoms with Gasteiger partial charge in [-0.15, -0.1) is 0 Å². The Bertz CT molecular complexity index is 289. The summed E-state index contributed by atoms with van der Waals surface area (Å²) in [5.74, 6) is 0.880. The lowest BCUT2D eigenvalue weighted by Crippen LogP contribution is -2.37. The minimum Gasteiger partial charge on any atom is -0.395 e. The number of carbonyl (C=O) groups is 1. The number of nitrogens with zero attached hydrogens (tertiary/aromatic N) is 2. The van der Waals surface area contributed by atoms with E-state index in [1.54, 1.807) is 0 Å². The van der Waals surface area contributed by atoms with Gasteiger partial charge in [0.25, 0.3) is 0 Å². The summed E-state index contributed by atoms with van der Waals surface area (Å²) in [5, 5.41) is 9.24. The van der Waals surface area contributed by atoms with Crippen molar-refractivity contribution in [3.8, 4) is 0 Å². The third-order valence-electron chi connectivity index (χ3n) is 4.32. The highest BCUT2D eigenvalue weighted by molar-refractivity contribution is 5.85. The minimum atomic E-state index is -0.402. The molecule has 0 aromatic heterocycles. The lowest BCUT2D eigenvalue weighted by Gasteiger charge is -2.23. The van der Waals surface area contributed by atoms with Gasteiger partial charge in [-0.3, -0.25) is 4.79 Å². The van der Waals surface area contributed by atoms with E-state index in [4.69, 9.17) is 0 Å². The second-order valence-corrected chi connectivity index (χ2v) is 5.87. The Morgan fingerprint density at radius 1 is 1.53 bits per heavy atom. The van der Waals surface area contributed by atoms with Gasteiger partial charge in [0.1, 0.15) is 0 Å². The average molecular weight is 240 g/mol. The number of hydrogen-bond acceptors (Lipinski definition) is 3. The van der Waals surface area contributed by atoms with E-state index in [0.717, 1.165) is 38.3 Å². The Kier molecular flexibility index (Phi) is 3.73. The van der Waals surface area contributed by atoms with Gasteiger partial charge in [-0.25, -0.2) is 0 Å². The Labute approximate surface area is 104 Å². The number of likely N-dealkylation sites (tertiary alicyclic amines) is 1. The van der Waals surface area contributed by atoms with Crippen molar-refractivity contribution >= 4 is 5.91 Å². The van der Waals surface area contributed by atoms with Gasteiger partial charge in [0.05, 0.1) is 12.0 Å². The van der Waals surface area contributed by atoms with Crippen LogP contribution < -0.4 is 0 Å². The molecule has 1 aliphatic heterocycles. The van der Waals surface area contributed by atoms with Crippen molar-refractivity contribution in [3.63, 3.8) is 0 Å². The van der Waals surface area contributed by atoms with Crippen LogP contribution in [0.2, 0.25) is 0 Å². The van der Waals surface area contributed by atoms with E-state index in [2.05, 4.69) is 11.9 Å². The molecule has 1 aliphatic carbocycles. The van der Waals surface area contributed by atoms with Gasteiger partial charge in [0.15, 0.2) is 0 Å². The summed E-state index contributed by atoms with van der Waals surface area (Å²) >= 11 is 0. The standard InChI is InChI=1S/C13H24N2O2/c1-14-7-3-11(9-14)4-8-15(2)12(17)13(10-16)5-6-13/h11,16H,3-10H2,1-2H3. The van der Waals surface area contributed by atoms with Crippen molar-refractivity contribution < 1.29 is 9.90 Å². The number of carbonyl (C=O) groups excluding carboxylic acids is 1. The first kappa shape index (κ1) is 12.8. The summed E-state index contributed by atoms with van der Waals surface area (Å²) in [5.41, 5.74) is -0.402. The fraction of sp³-hybridized carbons (Fsp3) is 0.923. The van der Waals surface area contributed by atoms with E-state index < -0.39 is 5.41 Å². The molecule has 4 nitrogen and oxygen atoms in total. The number of aliphatic hydroxyl groups is 1. The van der Waals surface area contributed by atoms with Crippen LogP contribution in [0.1, 0.15) is 25.7 Å². The number of amides is 1. The SMILES string of the molecule is CN1CCC(CCN(C)C(=O)C2(CO)CC2)C1. The highest BCUT2D eigenvalue weighted by atomic mass is 16.3. The molecular weight excluding hydrogens is 216 g/mol. The van der Waals surface area contributed by atoms with Crippen LogP contribution in [0.25, 0.3) is 0 Å². The Balaban J connectivity index is 1.74. The number of hydrogen-bond donors (Lipinski definition) is 1. The number of rotatable bonds is 5. The highest BCUT2D eigenvalue weighted by Crippen LogP contribution is 2.46. The molecule has 0 aromatic rings. The van der Waals surface area contributed by atoms with Gasteiger partial charge in [-0.1, -0.05) is 0 Å². The second-order valence-electron chi connectivity index (χ2n) is 5.87. The quantitative estimate of drug-likeness (QED) is 0.763. The van der Waals surface area contributed by atoms with Crippen LogP contribution in [0, 0.1) is 11.3 Å². The van der Waals surface area contributed by atoms with Crippen LogP contribution in [0.5, 0.6) is 0 Å². The molecule has 1 heterocycles. The van der Waals surface area contributed by atoms with E-state index in [1.165, 1.54) is 13.0 Å². The van der Waals surface area contributed by atoms with E-state index in [1.807, 2.05) is 11.9 Å². The fourth-order valence-corrected chi connectivity index (χ4v) is 2.74. The van der Waals surface area contributed by atoms with Crippen molar-refractivity contribution in [2.24, 2.45) is 11.3 Å². The third kappa shape index (κ3) is 2.80. The molecule has 1 unspecified atom stereocenters. The predicted octanol–water partition coefficient (Wildman–Crippen LogP) is 0.559. The maximum Gasteiger partial charge on any atom is 0.230 e. The molecule has 1 saturated heterocycles. The molecule has 1 atom stereocenters. The molecule has 0 aromatic carbocycles. The van der Waals surface area contributed by atoms with Gasteiger partial charge >= 0.3 is 0 Å². The maximum atomic E-state index is 12.1. The van der Waals surface area contributed by atoms with Crippen LogP contribution in [0.3, 0.4) is 0 Å². The van der Waals surface area contributed by atoms with Gasteiger partial charge in [0.2, 0.25) is 5.91 Å². The molecular formula is C13H24N2O2. The van der Waals surface area contributed by atoms with Crippen LogP contribution in [-0.2, 0) is 4.79 Å². The van der Waals surface area contributed by atoms with E-state index in [0.29, 0.717) is 0 Å². The van der Waals surface area contributed by atoms with Crippen LogP contribution in [-0.4, -0.2) is 61.2 Å². The third-order valence-corrected chi connectivity index (χ3v) is 4.32. The first-order valence-corrected chi connectivity index (χ1v) is 6.62. The van der Waals surface area contributed by atoms with Crippen molar-refractivity contribution in [1.82, 2.24) is 9.80 Å². The normalized spacial score (nSPS) is 27.1. The molecule has 2 fully saturated rings. The summed E-state index contributed by atoms with van der Waals surface area (Å²) in [4.78, 5) is 16.3. The summed E-state index contributed by atoms with van der Waals surface area (Å²) in [6.07, 6.45) is 4.06. The topological polar surface area (TPSA) is 43.8 Å². The average Bonchev–Trinajstić information content (AvgIpc) is 3.03. The second kappa shape index (κ2) is 4.94. The predicted molar refractivity (Wildman–Crippen MR) is 66.6 cm³/mol. The molecule has 0 spiro atoms. The molecule has 1 N–H and O–H groups in total. The van der Waals surface area contributed by atoms with Gasteiger partial charge < -0.3 is 14.9 Å².